The molecule has 6 heteroatoms. The molecule has 1 aliphatic carbocycles. The highest BCUT2D eigenvalue weighted by molar-refractivity contribution is 5.94. The van der Waals surface area contributed by atoms with E-state index in [0.717, 1.165) is 12.8 Å². The van der Waals surface area contributed by atoms with Crippen molar-refractivity contribution in [2.45, 2.75) is 32.4 Å². The van der Waals surface area contributed by atoms with E-state index >= 15 is 0 Å². The number of nitrogens with one attached hydrogen (secondary N) is 1. The Labute approximate surface area is 151 Å². The Morgan fingerprint density at radius 2 is 2.04 bits per heavy atom. The number of aromatic nitrogens is 2. The van der Waals surface area contributed by atoms with Crippen LogP contribution in [0, 0.1) is 6.92 Å². The molecule has 1 amide bonds. The lowest BCUT2D eigenvalue weighted by molar-refractivity contribution is 0.0936. The number of rotatable bonds is 5. The van der Waals surface area contributed by atoms with Crippen molar-refractivity contribution >= 4 is 5.91 Å². The lowest BCUT2D eigenvalue weighted by Crippen LogP contribution is -2.27. The van der Waals surface area contributed by atoms with Crippen molar-refractivity contribution in [1.82, 2.24) is 15.5 Å². The van der Waals surface area contributed by atoms with Gasteiger partial charge in [0.25, 0.3) is 5.91 Å². The summed E-state index contributed by atoms with van der Waals surface area (Å²) in [5, 5.41) is 6.90. The van der Waals surface area contributed by atoms with Gasteiger partial charge in [-0.1, -0.05) is 29.4 Å². The monoisotopic (exact) mass is 349 g/mol. The Hall–Kier alpha value is -3.15. The molecule has 0 bridgehead atoms. The summed E-state index contributed by atoms with van der Waals surface area (Å²) in [5.41, 5.74) is 3.14. The fourth-order valence-electron chi connectivity index (χ4n) is 3.20. The van der Waals surface area contributed by atoms with Gasteiger partial charge in [-0.15, -0.1) is 0 Å². The number of hydrogen-bond acceptors (Lipinski definition) is 5. The molecule has 2 aromatic carbocycles. The number of carbonyl (C=O) groups is 1. The van der Waals surface area contributed by atoms with Crippen molar-refractivity contribution < 1.29 is 14.1 Å². The zero-order valence-corrected chi connectivity index (χ0v) is 14.4. The molecule has 4 rings (SSSR count). The summed E-state index contributed by atoms with van der Waals surface area (Å²) < 4.78 is 10.5. The van der Waals surface area contributed by atoms with Gasteiger partial charge < -0.3 is 14.6 Å². The third-order valence-electron chi connectivity index (χ3n) is 4.49. The number of ether oxygens (including phenoxy) is 1. The van der Waals surface area contributed by atoms with E-state index in [-0.39, 0.29) is 18.6 Å². The zero-order chi connectivity index (χ0) is 17.9. The molecule has 0 saturated carbocycles. The van der Waals surface area contributed by atoms with Crippen LogP contribution in [0.15, 0.2) is 53.1 Å². The molecule has 132 valence electrons. The van der Waals surface area contributed by atoms with Crippen LogP contribution in [0.4, 0.5) is 0 Å². The van der Waals surface area contributed by atoms with Gasteiger partial charge in [0.15, 0.2) is 6.61 Å². The minimum atomic E-state index is -0.0768. The first-order valence-corrected chi connectivity index (χ1v) is 8.60. The summed E-state index contributed by atoms with van der Waals surface area (Å²) in [5.74, 6) is 1.57. The largest absolute Gasteiger partial charge is 0.485 e. The molecule has 0 spiro atoms. The van der Waals surface area contributed by atoms with Crippen LogP contribution in [-0.2, 0) is 13.0 Å². The van der Waals surface area contributed by atoms with Gasteiger partial charge in [-0.2, -0.15) is 4.98 Å². The van der Waals surface area contributed by atoms with Crippen LogP contribution in [-0.4, -0.2) is 16.0 Å². The highest BCUT2D eigenvalue weighted by atomic mass is 16.5. The Morgan fingerprint density at radius 3 is 2.81 bits per heavy atom. The standard InChI is InChI=1S/C20H19N3O3/c1-13-21-19(23-26-13)12-25-16-9-6-15(7-10-16)20(24)22-18-11-8-14-4-2-3-5-17(14)18/h2-7,9-10,18H,8,11-12H2,1H3,(H,22,24)/t18-/m0/s1. The molecule has 3 aromatic rings. The molecular formula is C20H19N3O3. The first-order valence-electron chi connectivity index (χ1n) is 8.60. The molecule has 0 aliphatic heterocycles. The first-order chi connectivity index (χ1) is 12.7. The number of fused-ring (bicyclic) bond motifs is 1. The summed E-state index contributed by atoms with van der Waals surface area (Å²) in [7, 11) is 0. The second-order valence-electron chi connectivity index (χ2n) is 6.31. The molecule has 1 heterocycles. The quantitative estimate of drug-likeness (QED) is 0.764. The fourth-order valence-corrected chi connectivity index (χ4v) is 3.20. The normalized spacial score (nSPS) is 15.5. The number of amides is 1. The summed E-state index contributed by atoms with van der Waals surface area (Å²) in [6.45, 7) is 1.95. The van der Waals surface area contributed by atoms with Gasteiger partial charge in [-0.3, -0.25) is 4.79 Å². The van der Waals surface area contributed by atoms with Crippen molar-refractivity contribution in [2.75, 3.05) is 0 Å². The van der Waals surface area contributed by atoms with Crippen LogP contribution >= 0.6 is 0 Å². The second-order valence-corrected chi connectivity index (χ2v) is 6.31. The van der Waals surface area contributed by atoms with Gasteiger partial charge in [-0.05, 0) is 48.2 Å². The molecular weight excluding hydrogens is 330 g/mol. The smallest absolute Gasteiger partial charge is 0.251 e. The third-order valence-corrected chi connectivity index (χ3v) is 4.49. The van der Waals surface area contributed by atoms with E-state index in [1.54, 1.807) is 31.2 Å². The highest BCUT2D eigenvalue weighted by Gasteiger charge is 2.23. The van der Waals surface area contributed by atoms with Crippen molar-refractivity contribution in [3.05, 3.63) is 76.9 Å². The van der Waals surface area contributed by atoms with Crippen molar-refractivity contribution in [2.24, 2.45) is 0 Å². The Morgan fingerprint density at radius 1 is 1.23 bits per heavy atom. The van der Waals surface area contributed by atoms with Crippen LogP contribution in [0.3, 0.4) is 0 Å². The number of aryl methyl sites for hydroxylation is 2. The van der Waals surface area contributed by atoms with E-state index in [4.69, 9.17) is 9.26 Å². The average Bonchev–Trinajstić information content (AvgIpc) is 3.27. The number of benzene rings is 2. The van der Waals surface area contributed by atoms with E-state index in [0.29, 0.717) is 23.0 Å². The van der Waals surface area contributed by atoms with E-state index in [2.05, 4.69) is 27.6 Å². The summed E-state index contributed by atoms with van der Waals surface area (Å²) >= 11 is 0. The van der Waals surface area contributed by atoms with E-state index < -0.39 is 0 Å². The summed E-state index contributed by atoms with van der Waals surface area (Å²) in [6, 6.07) is 15.4. The lowest BCUT2D eigenvalue weighted by atomic mass is 10.1. The molecule has 0 radical (unpaired) electrons. The molecule has 0 fully saturated rings. The van der Waals surface area contributed by atoms with Crippen LogP contribution in [0.5, 0.6) is 5.75 Å². The molecule has 1 aliphatic rings. The van der Waals surface area contributed by atoms with Gasteiger partial charge in [0, 0.05) is 12.5 Å². The number of nitrogens with zero attached hydrogens (tertiary/aromatic N) is 2. The van der Waals surface area contributed by atoms with Crippen LogP contribution in [0.1, 0.15) is 45.7 Å². The first kappa shape index (κ1) is 16.3. The Kier molecular flexibility index (Phi) is 4.39. The zero-order valence-electron chi connectivity index (χ0n) is 14.4. The number of hydrogen-bond donors (Lipinski definition) is 1. The van der Waals surface area contributed by atoms with E-state index in [1.165, 1.54) is 11.1 Å². The predicted molar refractivity (Wildman–Crippen MR) is 94.8 cm³/mol. The topological polar surface area (TPSA) is 77.2 Å². The van der Waals surface area contributed by atoms with Crippen LogP contribution in [0.25, 0.3) is 0 Å². The van der Waals surface area contributed by atoms with E-state index in [9.17, 15) is 4.79 Å². The summed E-state index contributed by atoms with van der Waals surface area (Å²) in [4.78, 5) is 16.6. The Bertz CT molecular complexity index is 918. The summed E-state index contributed by atoms with van der Waals surface area (Å²) in [6.07, 6.45) is 1.94. The molecule has 26 heavy (non-hydrogen) atoms. The SMILES string of the molecule is Cc1nc(COc2ccc(C(=O)N[C@H]3CCc4ccccc43)cc2)no1. The minimum absolute atomic E-state index is 0.0768. The molecule has 1 N–H and O–H groups in total. The average molecular weight is 349 g/mol. The molecule has 1 atom stereocenters. The molecule has 0 unspecified atom stereocenters. The van der Waals surface area contributed by atoms with Crippen molar-refractivity contribution in [3.8, 4) is 5.75 Å². The van der Waals surface area contributed by atoms with Crippen LogP contribution in [0.2, 0.25) is 0 Å². The predicted octanol–water partition coefficient (Wildman–Crippen LogP) is 3.37. The fraction of sp³-hybridized carbons (Fsp3) is 0.250. The molecule has 1 aromatic heterocycles. The van der Waals surface area contributed by atoms with Gasteiger partial charge in [0.1, 0.15) is 5.75 Å². The van der Waals surface area contributed by atoms with Gasteiger partial charge >= 0.3 is 0 Å². The molecule has 0 saturated heterocycles. The second kappa shape index (κ2) is 7.00. The van der Waals surface area contributed by atoms with Crippen LogP contribution < -0.4 is 10.1 Å². The van der Waals surface area contributed by atoms with Crippen molar-refractivity contribution in [3.63, 3.8) is 0 Å². The van der Waals surface area contributed by atoms with Gasteiger partial charge in [-0.25, -0.2) is 0 Å². The minimum Gasteiger partial charge on any atom is -0.485 e. The lowest BCUT2D eigenvalue weighted by Gasteiger charge is -2.14. The third kappa shape index (κ3) is 3.44. The maximum atomic E-state index is 12.5. The maximum Gasteiger partial charge on any atom is 0.251 e. The Balaban J connectivity index is 1.37. The molecule has 6 nitrogen and oxygen atoms in total. The van der Waals surface area contributed by atoms with Gasteiger partial charge in [0.05, 0.1) is 6.04 Å². The van der Waals surface area contributed by atoms with E-state index in [1.807, 2.05) is 12.1 Å². The van der Waals surface area contributed by atoms with Crippen molar-refractivity contribution in [1.29, 1.82) is 0 Å². The number of carbonyl (C=O) groups excluding carboxylic acids is 1. The highest BCUT2D eigenvalue weighted by Crippen LogP contribution is 2.30. The van der Waals surface area contributed by atoms with Gasteiger partial charge in [0.2, 0.25) is 11.7 Å². The maximum absolute atomic E-state index is 12.5.